The first kappa shape index (κ1) is 22.4. The summed E-state index contributed by atoms with van der Waals surface area (Å²) in [7, 11) is 0. The van der Waals surface area contributed by atoms with Gasteiger partial charge in [-0.1, -0.05) is 38.1 Å². The van der Waals surface area contributed by atoms with Gasteiger partial charge in [-0.15, -0.1) is 24.8 Å². The van der Waals surface area contributed by atoms with Crippen LogP contribution in [0, 0.1) is 0 Å². The molecular formula is C17H26Cl2N4O. The molecule has 1 aromatic carbocycles. The lowest BCUT2D eigenvalue weighted by molar-refractivity contribution is -0.121. The van der Waals surface area contributed by atoms with Crippen molar-refractivity contribution in [3.63, 3.8) is 0 Å². The Balaban J connectivity index is 0.00000264. The summed E-state index contributed by atoms with van der Waals surface area (Å²) in [4.78, 5) is 15.8. The standard InChI is InChI=1S/C17H24N4O.2ClH/c1-13(2)14-3-5-15(6-4-14)16(18)11-20-17(22)7-9-21-10-8-19-12-21;;/h3-6,8,10,12-13,16H,7,9,11,18H2,1-2H3,(H,20,22);2*1H. The zero-order valence-electron chi connectivity index (χ0n) is 14.0. The highest BCUT2D eigenvalue weighted by molar-refractivity contribution is 5.85. The van der Waals surface area contributed by atoms with Gasteiger partial charge in [0.2, 0.25) is 5.91 Å². The lowest BCUT2D eigenvalue weighted by Gasteiger charge is -2.14. The quantitative estimate of drug-likeness (QED) is 0.784. The van der Waals surface area contributed by atoms with E-state index in [1.165, 1.54) is 5.56 Å². The molecule has 2 rings (SSSR count). The number of rotatable bonds is 7. The molecule has 0 fully saturated rings. The second kappa shape index (κ2) is 11.1. The maximum absolute atomic E-state index is 11.8. The number of nitrogens with two attached hydrogens (primary N) is 1. The molecule has 0 radical (unpaired) electrons. The van der Waals surface area contributed by atoms with Crippen LogP contribution in [0.5, 0.6) is 0 Å². The van der Waals surface area contributed by atoms with Crippen molar-refractivity contribution in [2.24, 2.45) is 5.73 Å². The molecule has 1 atom stereocenters. The average Bonchev–Trinajstić information content (AvgIpc) is 3.04. The van der Waals surface area contributed by atoms with Crippen LogP contribution in [-0.2, 0) is 11.3 Å². The number of aromatic nitrogens is 2. The summed E-state index contributed by atoms with van der Waals surface area (Å²) < 4.78 is 1.88. The molecule has 1 heterocycles. The number of nitrogens with one attached hydrogen (secondary N) is 1. The minimum atomic E-state index is -0.182. The molecule has 3 N–H and O–H groups in total. The highest BCUT2D eigenvalue weighted by Crippen LogP contribution is 2.17. The van der Waals surface area contributed by atoms with E-state index in [-0.39, 0.29) is 36.8 Å². The Hall–Kier alpha value is -1.56. The zero-order valence-corrected chi connectivity index (χ0v) is 15.6. The molecule has 7 heteroatoms. The minimum Gasteiger partial charge on any atom is -0.354 e. The lowest BCUT2D eigenvalue weighted by atomic mass is 9.99. The van der Waals surface area contributed by atoms with Gasteiger partial charge in [-0.25, -0.2) is 4.98 Å². The van der Waals surface area contributed by atoms with E-state index >= 15 is 0 Å². The second-order valence-corrected chi connectivity index (χ2v) is 5.78. The number of carbonyl (C=O) groups excluding carboxylic acids is 1. The van der Waals surface area contributed by atoms with Crippen molar-refractivity contribution in [2.45, 2.75) is 38.8 Å². The van der Waals surface area contributed by atoms with Crippen molar-refractivity contribution in [1.29, 1.82) is 0 Å². The lowest BCUT2D eigenvalue weighted by Crippen LogP contribution is -2.32. The van der Waals surface area contributed by atoms with Gasteiger partial charge in [0.05, 0.1) is 6.33 Å². The predicted molar refractivity (Wildman–Crippen MR) is 102 cm³/mol. The number of carbonyl (C=O) groups is 1. The van der Waals surface area contributed by atoms with Crippen LogP contribution in [0.2, 0.25) is 0 Å². The van der Waals surface area contributed by atoms with Crippen LogP contribution in [0.25, 0.3) is 0 Å². The first-order valence-corrected chi connectivity index (χ1v) is 7.64. The zero-order chi connectivity index (χ0) is 15.9. The second-order valence-electron chi connectivity index (χ2n) is 5.78. The number of nitrogens with zero attached hydrogens (tertiary/aromatic N) is 2. The summed E-state index contributed by atoms with van der Waals surface area (Å²) in [6, 6.07) is 8.09. The summed E-state index contributed by atoms with van der Waals surface area (Å²) in [6.45, 7) is 5.40. The van der Waals surface area contributed by atoms with Crippen LogP contribution in [-0.4, -0.2) is 22.0 Å². The first-order chi connectivity index (χ1) is 10.6. The molecule has 5 nitrogen and oxygen atoms in total. The summed E-state index contributed by atoms with van der Waals surface area (Å²) in [5.74, 6) is 0.510. The maximum atomic E-state index is 11.8. The van der Waals surface area contributed by atoms with E-state index < -0.39 is 0 Å². The van der Waals surface area contributed by atoms with Crippen LogP contribution in [0.4, 0.5) is 0 Å². The Morgan fingerprint density at radius 2 is 1.83 bits per heavy atom. The first-order valence-electron chi connectivity index (χ1n) is 7.64. The summed E-state index contributed by atoms with van der Waals surface area (Å²) >= 11 is 0. The molecule has 0 saturated carbocycles. The fraction of sp³-hybridized carbons (Fsp3) is 0.412. The van der Waals surface area contributed by atoms with E-state index in [0.717, 1.165) is 5.56 Å². The van der Waals surface area contributed by atoms with Gasteiger partial charge in [0.1, 0.15) is 0 Å². The third-order valence-corrected chi connectivity index (χ3v) is 3.71. The van der Waals surface area contributed by atoms with Crippen LogP contribution in [0.1, 0.15) is 43.4 Å². The average molecular weight is 373 g/mol. The SMILES string of the molecule is CC(C)c1ccc(C(N)CNC(=O)CCn2ccnc2)cc1.Cl.Cl. The van der Waals surface area contributed by atoms with Gasteiger partial charge in [0.25, 0.3) is 0 Å². The minimum absolute atomic E-state index is 0. The largest absolute Gasteiger partial charge is 0.354 e. The van der Waals surface area contributed by atoms with Gasteiger partial charge >= 0.3 is 0 Å². The predicted octanol–water partition coefficient (Wildman–Crippen LogP) is 3.06. The Morgan fingerprint density at radius 3 is 2.38 bits per heavy atom. The van der Waals surface area contributed by atoms with Crippen LogP contribution in [0.3, 0.4) is 0 Å². The van der Waals surface area contributed by atoms with Crippen LogP contribution >= 0.6 is 24.8 Å². The van der Waals surface area contributed by atoms with E-state index in [9.17, 15) is 4.79 Å². The molecule has 0 aliphatic carbocycles. The number of amides is 1. The topological polar surface area (TPSA) is 72.9 Å². The number of hydrogen-bond donors (Lipinski definition) is 2. The van der Waals surface area contributed by atoms with Crippen LogP contribution in [0.15, 0.2) is 43.0 Å². The van der Waals surface area contributed by atoms with E-state index in [1.54, 1.807) is 12.5 Å². The Kier molecular flexibility index (Phi) is 10.4. The van der Waals surface area contributed by atoms with Gasteiger partial charge in [-0.05, 0) is 17.0 Å². The summed E-state index contributed by atoms with van der Waals surface area (Å²) in [5.41, 5.74) is 8.46. The molecule has 0 spiro atoms. The van der Waals surface area contributed by atoms with E-state index in [0.29, 0.717) is 25.4 Å². The molecule has 0 aliphatic heterocycles. The van der Waals surface area contributed by atoms with Crippen molar-refractivity contribution in [1.82, 2.24) is 14.9 Å². The number of hydrogen-bond acceptors (Lipinski definition) is 3. The third kappa shape index (κ3) is 6.91. The number of halogens is 2. The van der Waals surface area contributed by atoms with Crippen molar-refractivity contribution in [2.75, 3.05) is 6.54 Å². The highest BCUT2D eigenvalue weighted by atomic mass is 35.5. The number of benzene rings is 1. The molecular weight excluding hydrogens is 347 g/mol. The van der Waals surface area contributed by atoms with Gasteiger partial charge in [0.15, 0.2) is 0 Å². The molecule has 1 amide bonds. The number of aryl methyl sites for hydroxylation is 1. The molecule has 2 aromatic rings. The summed E-state index contributed by atoms with van der Waals surface area (Å²) in [5, 5.41) is 2.88. The highest BCUT2D eigenvalue weighted by Gasteiger charge is 2.09. The van der Waals surface area contributed by atoms with Gasteiger partial charge < -0.3 is 15.6 Å². The summed E-state index contributed by atoms with van der Waals surface area (Å²) in [6.07, 6.45) is 5.68. The van der Waals surface area contributed by atoms with Gasteiger partial charge in [-0.2, -0.15) is 0 Å². The van der Waals surface area contributed by atoms with E-state index in [4.69, 9.17) is 5.73 Å². The molecule has 24 heavy (non-hydrogen) atoms. The molecule has 134 valence electrons. The number of imidazole rings is 1. The van der Waals surface area contributed by atoms with Crippen molar-refractivity contribution >= 4 is 30.7 Å². The smallest absolute Gasteiger partial charge is 0.221 e. The van der Waals surface area contributed by atoms with Crippen molar-refractivity contribution < 1.29 is 4.79 Å². The van der Waals surface area contributed by atoms with E-state index in [2.05, 4.69) is 36.3 Å². The van der Waals surface area contributed by atoms with Gasteiger partial charge in [0, 0.05) is 37.9 Å². The van der Waals surface area contributed by atoms with Crippen molar-refractivity contribution in [3.8, 4) is 0 Å². The molecule has 0 bridgehead atoms. The fourth-order valence-electron chi connectivity index (χ4n) is 2.21. The van der Waals surface area contributed by atoms with Crippen molar-refractivity contribution in [3.05, 3.63) is 54.1 Å². The third-order valence-electron chi connectivity index (χ3n) is 3.71. The maximum Gasteiger partial charge on any atom is 0.221 e. The Bertz CT molecular complexity index is 585. The molecule has 0 saturated heterocycles. The Morgan fingerprint density at radius 1 is 1.21 bits per heavy atom. The normalized spacial score (nSPS) is 11.3. The molecule has 1 unspecified atom stereocenters. The Labute approximate surface area is 155 Å². The van der Waals surface area contributed by atoms with Crippen LogP contribution < -0.4 is 11.1 Å². The fourth-order valence-corrected chi connectivity index (χ4v) is 2.21. The molecule has 0 aliphatic rings. The van der Waals surface area contributed by atoms with E-state index in [1.807, 2.05) is 22.9 Å². The van der Waals surface area contributed by atoms with Gasteiger partial charge in [-0.3, -0.25) is 4.79 Å². The molecule has 1 aromatic heterocycles. The monoisotopic (exact) mass is 372 g/mol.